The maximum Gasteiger partial charge on any atom is 0.316 e. The lowest BCUT2D eigenvalue weighted by atomic mass is 9.91. The zero-order chi connectivity index (χ0) is 13.7. The molecule has 3 nitrogen and oxygen atoms in total. The standard InChI is InChI=1S/C16H18O3/c1-12(17)15-11-14(13-7-3-2-4-8-13)9-5-6-10-19-16(15)18/h2-4,7-9,15H,5-6,10-11H2,1H3/b14-9+. The van der Waals surface area contributed by atoms with Crippen LogP contribution >= 0.6 is 0 Å². The van der Waals surface area contributed by atoms with E-state index in [1.165, 1.54) is 6.92 Å². The minimum absolute atomic E-state index is 0.131. The molecule has 1 atom stereocenters. The quantitative estimate of drug-likeness (QED) is 0.605. The van der Waals surface area contributed by atoms with Crippen molar-refractivity contribution in [2.75, 3.05) is 6.61 Å². The first-order valence-electron chi connectivity index (χ1n) is 6.60. The Morgan fingerprint density at radius 2 is 2.00 bits per heavy atom. The molecule has 2 rings (SSSR count). The van der Waals surface area contributed by atoms with E-state index in [4.69, 9.17) is 4.74 Å². The van der Waals surface area contributed by atoms with Crippen molar-refractivity contribution < 1.29 is 14.3 Å². The summed E-state index contributed by atoms with van der Waals surface area (Å²) in [6.45, 7) is 1.84. The number of Topliss-reactive ketones (excluding diaryl/α,β-unsaturated/α-hetero) is 1. The Morgan fingerprint density at radius 3 is 2.68 bits per heavy atom. The van der Waals surface area contributed by atoms with Gasteiger partial charge in [-0.3, -0.25) is 9.59 Å². The van der Waals surface area contributed by atoms with Gasteiger partial charge in [0, 0.05) is 0 Å². The lowest BCUT2D eigenvalue weighted by molar-refractivity contribution is -0.151. The minimum atomic E-state index is -0.676. The molecule has 0 radical (unpaired) electrons. The summed E-state index contributed by atoms with van der Waals surface area (Å²) < 4.78 is 5.13. The number of hydrogen-bond donors (Lipinski definition) is 0. The monoisotopic (exact) mass is 258 g/mol. The summed E-state index contributed by atoms with van der Waals surface area (Å²) in [5.41, 5.74) is 2.13. The Kier molecular flexibility index (Phi) is 4.50. The molecule has 0 spiro atoms. The van der Waals surface area contributed by atoms with Gasteiger partial charge in [-0.15, -0.1) is 0 Å². The highest BCUT2D eigenvalue weighted by Crippen LogP contribution is 2.26. The fraction of sp³-hybridized carbons (Fsp3) is 0.375. The Labute approximate surface area is 113 Å². The smallest absolute Gasteiger partial charge is 0.316 e. The molecule has 0 fully saturated rings. The van der Waals surface area contributed by atoms with Crippen LogP contribution in [0, 0.1) is 5.92 Å². The molecule has 0 saturated heterocycles. The van der Waals surface area contributed by atoms with Gasteiger partial charge in [-0.2, -0.15) is 0 Å². The van der Waals surface area contributed by atoms with Crippen molar-refractivity contribution in [2.45, 2.75) is 26.2 Å². The van der Waals surface area contributed by atoms with Crippen LogP contribution in [-0.2, 0) is 14.3 Å². The summed E-state index contributed by atoms with van der Waals surface area (Å²) in [4.78, 5) is 23.5. The highest BCUT2D eigenvalue weighted by molar-refractivity contribution is 5.99. The average Bonchev–Trinajstić information content (AvgIpc) is 2.50. The predicted molar refractivity (Wildman–Crippen MR) is 73.4 cm³/mol. The molecule has 3 heteroatoms. The van der Waals surface area contributed by atoms with Gasteiger partial charge in [-0.25, -0.2) is 0 Å². The number of cyclic esters (lactones) is 1. The van der Waals surface area contributed by atoms with Gasteiger partial charge in [0.15, 0.2) is 0 Å². The number of allylic oxidation sites excluding steroid dienone is 2. The lowest BCUT2D eigenvalue weighted by Crippen LogP contribution is -2.24. The molecule has 1 aliphatic rings. The molecule has 0 bridgehead atoms. The highest BCUT2D eigenvalue weighted by atomic mass is 16.5. The van der Waals surface area contributed by atoms with Crippen LogP contribution in [0.3, 0.4) is 0 Å². The molecule has 0 aliphatic carbocycles. The number of ether oxygens (including phenoxy) is 1. The number of ketones is 1. The van der Waals surface area contributed by atoms with E-state index in [0.717, 1.165) is 24.0 Å². The van der Waals surface area contributed by atoms with E-state index in [2.05, 4.69) is 6.08 Å². The van der Waals surface area contributed by atoms with Crippen LogP contribution in [0.2, 0.25) is 0 Å². The van der Waals surface area contributed by atoms with E-state index in [1.807, 2.05) is 30.3 Å². The molecule has 100 valence electrons. The van der Waals surface area contributed by atoms with Gasteiger partial charge >= 0.3 is 5.97 Å². The van der Waals surface area contributed by atoms with E-state index in [0.29, 0.717) is 13.0 Å². The average molecular weight is 258 g/mol. The Balaban J connectivity index is 2.29. The first-order valence-corrected chi connectivity index (χ1v) is 6.60. The second-order valence-corrected chi connectivity index (χ2v) is 4.77. The maximum absolute atomic E-state index is 11.9. The zero-order valence-electron chi connectivity index (χ0n) is 11.1. The molecule has 19 heavy (non-hydrogen) atoms. The van der Waals surface area contributed by atoms with Crippen LogP contribution < -0.4 is 0 Å². The maximum atomic E-state index is 11.9. The Morgan fingerprint density at radius 1 is 1.26 bits per heavy atom. The van der Waals surface area contributed by atoms with Gasteiger partial charge in [0.1, 0.15) is 11.7 Å². The summed E-state index contributed by atoms with van der Waals surface area (Å²) in [5, 5.41) is 0. The minimum Gasteiger partial charge on any atom is -0.465 e. The molecule has 1 aromatic rings. The van der Waals surface area contributed by atoms with Crippen LogP contribution in [0.5, 0.6) is 0 Å². The first kappa shape index (κ1) is 13.5. The summed E-state index contributed by atoms with van der Waals surface area (Å²) in [6.07, 6.45) is 4.21. The van der Waals surface area contributed by atoms with Crippen LogP contribution in [0.4, 0.5) is 0 Å². The van der Waals surface area contributed by atoms with Crippen molar-refractivity contribution in [2.24, 2.45) is 5.92 Å². The van der Waals surface area contributed by atoms with Gasteiger partial charge < -0.3 is 4.74 Å². The molecule has 0 N–H and O–H groups in total. The second kappa shape index (κ2) is 6.32. The molecule has 0 amide bonds. The Bertz CT molecular complexity index is 488. The summed E-state index contributed by atoms with van der Waals surface area (Å²) in [5.74, 6) is -1.20. The number of benzene rings is 1. The third-order valence-corrected chi connectivity index (χ3v) is 3.33. The second-order valence-electron chi connectivity index (χ2n) is 4.77. The van der Waals surface area contributed by atoms with Gasteiger partial charge in [0.2, 0.25) is 0 Å². The Hall–Kier alpha value is -1.90. The van der Waals surface area contributed by atoms with Gasteiger partial charge in [-0.1, -0.05) is 36.4 Å². The van der Waals surface area contributed by atoms with E-state index >= 15 is 0 Å². The van der Waals surface area contributed by atoms with Crippen LogP contribution in [-0.4, -0.2) is 18.4 Å². The van der Waals surface area contributed by atoms with E-state index in [-0.39, 0.29) is 5.78 Å². The summed E-state index contributed by atoms with van der Waals surface area (Å²) in [7, 11) is 0. The van der Waals surface area contributed by atoms with Crippen molar-refractivity contribution in [1.29, 1.82) is 0 Å². The summed E-state index contributed by atoms with van der Waals surface area (Å²) >= 11 is 0. The molecule has 1 aromatic carbocycles. The van der Waals surface area contributed by atoms with Crippen LogP contribution in [0.1, 0.15) is 31.7 Å². The van der Waals surface area contributed by atoms with E-state index in [9.17, 15) is 9.59 Å². The highest BCUT2D eigenvalue weighted by Gasteiger charge is 2.27. The van der Waals surface area contributed by atoms with Gasteiger partial charge in [-0.05, 0) is 37.3 Å². The third-order valence-electron chi connectivity index (χ3n) is 3.33. The number of hydrogen-bond acceptors (Lipinski definition) is 3. The predicted octanol–water partition coefficient (Wildman–Crippen LogP) is 3.00. The fourth-order valence-electron chi connectivity index (χ4n) is 2.22. The van der Waals surface area contributed by atoms with Crippen LogP contribution in [0.25, 0.3) is 5.57 Å². The van der Waals surface area contributed by atoms with Crippen LogP contribution in [0.15, 0.2) is 36.4 Å². The molecule has 1 unspecified atom stereocenters. The van der Waals surface area contributed by atoms with Crippen molar-refractivity contribution in [3.05, 3.63) is 42.0 Å². The molecule has 1 heterocycles. The molecule has 1 aliphatic heterocycles. The lowest BCUT2D eigenvalue weighted by Gasteiger charge is -2.14. The third kappa shape index (κ3) is 3.53. The topological polar surface area (TPSA) is 43.4 Å². The largest absolute Gasteiger partial charge is 0.465 e. The van der Waals surface area contributed by atoms with E-state index in [1.54, 1.807) is 0 Å². The van der Waals surface area contributed by atoms with Gasteiger partial charge in [0.25, 0.3) is 0 Å². The zero-order valence-corrected chi connectivity index (χ0v) is 11.1. The molecular formula is C16H18O3. The normalized spacial score (nSPS) is 23.3. The van der Waals surface area contributed by atoms with Gasteiger partial charge in [0.05, 0.1) is 6.61 Å². The molecular weight excluding hydrogens is 240 g/mol. The number of carbonyl (C=O) groups excluding carboxylic acids is 2. The number of carbonyl (C=O) groups is 2. The van der Waals surface area contributed by atoms with Crippen molar-refractivity contribution in [3.8, 4) is 0 Å². The van der Waals surface area contributed by atoms with Crippen molar-refractivity contribution in [1.82, 2.24) is 0 Å². The molecule has 0 saturated carbocycles. The first-order chi connectivity index (χ1) is 9.18. The SMILES string of the molecule is CC(=O)C1C/C(c2ccccc2)=C\CCCOC1=O. The van der Waals surface area contributed by atoms with Crippen molar-refractivity contribution >= 4 is 17.3 Å². The molecule has 0 aromatic heterocycles. The number of esters is 1. The summed E-state index contributed by atoms with van der Waals surface area (Å²) in [6, 6.07) is 9.89. The fourth-order valence-corrected chi connectivity index (χ4v) is 2.22. The van der Waals surface area contributed by atoms with E-state index < -0.39 is 11.9 Å². The van der Waals surface area contributed by atoms with Crippen molar-refractivity contribution in [3.63, 3.8) is 0 Å². The number of rotatable bonds is 2.